The van der Waals surface area contributed by atoms with Gasteiger partial charge in [-0.3, -0.25) is 0 Å². The fraction of sp³-hybridized carbons (Fsp3) is 0.294. The van der Waals surface area contributed by atoms with Crippen LogP contribution in [0, 0.1) is 0 Å². The average molecular weight is 567 g/mol. The molecule has 6 unspecified atom stereocenters. The van der Waals surface area contributed by atoms with Crippen LogP contribution in [0.5, 0.6) is 0 Å². The Morgan fingerprint density at radius 3 is 1.00 bits per heavy atom. The smallest absolute Gasteiger partial charge is 0.369 e. The first-order valence-electron chi connectivity index (χ1n) is 13.9. The van der Waals surface area contributed by atoms with E-state index in [2.05, 4.69) is 16.6 Å². The average Bonchev–Trinajstić information content (AvgIpc) is 3.03. The molecule has 6 atom stereocenters. The fourth-order valence-corrected chi connectivity index (χ4v) is 5.44. The molecule has 41 heavy (non-hydrogen) atoms. The van der Waals surface area contributed by atoms with Crippen LogP contribution in [0.4, 0.5) is 0 Å². The molecule has 0 spiro atoms. The van der Waals surface area contributed by atoms with Gasteiger partial charge in [-0.1, -0.05) is 121 Å². The summed E-state index contributed by atoms with van der Waals surface area (Å²) >= 11 is 2.29. The molecule has 0 aromatic heterocycles. The van der Waals surface area contributed by atoms with Crippen molar-refractivity contribution in [1.82, 2.24) is 0 Å². The van der Waals surface area contributed by atoms with Crippen molar-refractivity contribution in [3.8, 4) is 0 Å². The second kappa shape index (κ2) is 15.4. The lowest BCUT2D eigenvalue weighted by Gasteiger charge is -2.48. The van der Waals surface area contributed by atoms with E-state index >= 15 is 0 Å². The van der Waals surface area contributed by atoms with Crippen molar-refractivity contribution in [2.24, 2.45) is 0 Å². The molecule has 7 heteroatoms. The highest BCUT2D eigenvalue weighted by molar-refractivity contribution is 5.98. The predicted molar refractivity (Wildman–Crippen MR) is 157 cm³/mol. The molecule has 4 aromatic carbocycles. The van der Waals surface area contributed by atoms with Gasteiger partial charge in [0, 0.05) is 0 Å². The maximum atomic E-state index is 11.7. The van der Waals surface area contributed by atoms with Gasteiger partial charge in [0.15, 0.2) is 0 Å². The lowest BCUT2D eigenvalue weighted by Crippen LogP contribution is -2.66. The molecule has 1 saturated carbocycles. The van der Waals surface area contributed by atoms with Crippen LogP contribution in [-0.4, -0.2) is 58.4 Å². The summed E-state index contributed by atoms with van der Waals surface area (Å²) in [6.07, 6.45) is -4.38. The molecule has 2 radical (unpaired) electrons. The van der Waals surface area contributed by atoms with E-state index in [0.29, 0.717) is 26.4 Å². The zero-order valence-electron chi connectivity index (χ0n) is 22.9. The lowest BCUT2D eigenvalue weighted by molar-refractivity contribution is -0.269. The summed E-state index contributed by atoms with van der Waals surface area (Å²) in [6, 6.07) is 39.7. The van der Waals surface area contributed by atoms with E-state index in [9.17, 15) is 5.11 Å². The third kappa shape index (κ3) is 8.14. The van der Waals surface area contributed by atoms with Crippen molar-refractivity contribution in [3.05, 3.63) is 144 Å². The molecule has 1 N–H and O–H groups in total. The van der Waals surface area contributed by atoms with Crippen molar-refractivity contribution in [2.75, 3.05) is 0 Å². The monoisotopic (exact) mass is 566 g/mol. The van der Waals surface area contributed by atoms with Gasteiger partial charge in [0.1, 0.15) is 30.5 Å². The van der Waals surface area contributed by atoms with Crippen LogP contribution in [0.3, 0.4) is 0 Å². The number of aliphatic hydroxyl groups is 1. The van der Waals surface area contributed by atoms with E-state index in [4.69, 9.17) is 22.7 Å². The second-order valence-electron chi connectivity index (χ2n) is 10.1. The Labute approximate surface area is 250 Å². The maximum absolute atomic E-state index is 11.7. The van der Waals surface area contributed by atoms with Gasteiger partial charge >= 0.3 is 16.6 Å². The summed E-state index contributed by atoms with van der Waals surface area (Å²) in [5.41, 5.74) is 4.04. The molecule has 0 heterocycles. The molecule has 5 rings (SSSR count). The molecule has 1 aliphatic carbocycles. The van der Waals surface area contributed by atoms with Crippen LogP contribution in [0.1, 0.15) is 22.3 Å². The minimum atomic E-state index is -1.03. The largest absolute Gasteiger partial charge is 0.510 e. The summed E-state index contributed by atoms with van der Waals surface area (Å²) in [6.45, 7) is 1.30. The van der Waals surface area contributed by atoms with Crippen LogP contribution in [0.25, 0.3) is 0 Å². The molecule has 210 valence electrons. The molecule has 0 saturated heterocycles. The third-order valence-corrected chi connectivity index (χ3v) is 7.58. The van der Waals surface area contributed by atoms with Gasteiger partial charge in [0.25, 0.3) is 0 Å². The minimum absolute atomic E-state index is 0.304. The lowest BCUT2D eigenvalue weighted by atomic mass is 9.84. The zero-order valence-corrected chi connectivity index (χ0v) is 24.1. The highest BCUT2D eigenvalue weighted by Gasteiger charge is 2.53. The number of hydrogen-bond acceptors (Lipinski definition) is 6. The number of aliphatic hydroxyl groups excluding tert-OH is 1. The fourth-order valence-electron chi connectivity index (χ4n) is 5.12. The van der Waals surface area contributed by atoms with Crippen LogP contribution in [0.15, 0.2) is 121 Å². The summed E-state index contributed by atoms with van der Waals surface area (Å²) in [4.78, 5) is 0. The van der Waals surface area contributed by atoms with E-state index in [1.165, 1.54) is 0 Å². The Kier molecular flexibility index (Phi) is 11.2. The minimum Gasteiger partial charge on any atom is -0.510 e. The maximum Gasteiger partial charge on any atom is 0.369 e. The quantitative estimate of drug-likeness (QED) is 0.225. The Morgan fingerprint density at radius 2 is 0.683 bits per heavy atom. The highest BCUT2D eigenvalue weighted by atomic mass is 27.1. The molecular weight excluding hydrogens is 531 g/mol. The number of hydrogen-bond donors (Lipinski definition) is 1. The van der Waals surface area contributed by atoms with Crippen LogP contribution < -0.4 is 0 Å². The Hall–Kier alpha value is -2.83. The van der Waals surface area contributed by atoms with Crippen LogP contribution >= 0.6 is 0 Å². The van der Waals surface area contributed by atoms with Gasteiger partial charge in [-0.25, -0.2) is 0 Å². The molecule has 1 aliphatic rings. The first-order valence-corrected chi connectivity index (χ1v) is 14.4. The first-order chi connectivity index (χ1) is 20.2. The molecule has 4 aromatic rings. The molecule has 1 fully saturated rings. The van der Waals surface area contributed by atoms with Crippen LogP contribution in [-0.2, 0) is 49.2 Å². The van der Waals surface area contributed by atoms with E-state index in [-0.39, 0.29) is 0 Å². The Bertz CT molecular complexity index is 1280. The standard InChI is InChI=1S/C34H35O6.Al/c35-29-30(36)32(38-22-26-15-7-2-8-16-26)34(40-24-28-19-11-4-12-20-28)33(39-23-27-17-9-3-10-18-27)31(29)37-21-25-13-5-1-6-14-25;/h1-20,29-35H,21-24H2;/q-1;+1. The number of benzene rings is 4. The number of ether oxygens (including phenoxy) is 4. The topological polar surface area (TPSA) is 66.4 Å². The van der Waals surface area contributed by atoms with Gasteiger partial charge in [0.2, 0.25) is 0 Å². The SMILES string of the molecule is OC1C([O][Al])C(OCc2ccccc2)C(OCc2ccccc2)C(OCc2ccccc2)C1OCc1ccccc1. The molecular formula is C34H35AlO6. The number of rotatable bonds is 13. The van der Waals surface area contributed by atoms with E-state index in [1.54, 1.807) is 0 Å². The van der Waals surface area contributed by atoms with E-state index < -0.39 is 36.6 Å². The molecule has 6 nitrogen and oxygen atoms in total. The first kappa shape index (κ1) is 29.7. The van der Waals surface area contributed by atoms with Crippen molar-refractivity contribution < 1.29 is 27.8 Å². The van der Waals surface area contributed by atoms with Gasteiger partial charge in [-0.15, -0.1) is 0 Å². The third-order valence-electron chi connectivity index (χ3n) is 7.27. The van der Waals surface area contributed by atoms with Crippen molar-refractivity contribution >= 4 is 16.6 Å². The van der Waals surface area contributed by atoms with Gasteiger partial charge in [-0.05, 0) is 22.3 Å². The Morgan fingerprint density at radius 1 is 0.415 bits per heavy atom. The highest BCUT2D eigenvalue weighted by Crippen LogP contribution is 2.34. The Balaban J connectivity index is 1.45. The van der Waals surface area contributed by atoms with Crippen LogP contribution in [0.2, 0.25) is 0 Å². The second-order valence-corrected chi connectivity index (χ2v) is 10.4. The van der Waals surface area contributed by atoms with Gasteiger partial charge in [0.05, 0.1) is 32.5 Å². The summed E-state index contributed by atoms with van der Waals surface area (Å²) in [5.74, 6) is 0. The zero-order chi connectivity index (χ0) is 28.3. The van der Waals surface area contributed by atoms with Crippen molar-refractivity contribution in [3.63, 3.8) is 0 Å². The van der Waals surface area contributed by atoms with E-state index in [1.807, 2.05) is 121 Å². The molecule has 0 amide bonds. The van der Waals surface area contributed by atoms with Gasteiger partial charge in [-0.2, -0.15) is 0 Å². The summed E-state index contributed by atoms with van der Waals surface area (Å²) in [5, 5.41) is 11.7. The van der Waals surface area contributed by atoms with Gasteiger partial charge < -0.3 is 27.8 Å². The van der Waals surface area contributed by atoms with Crippen molar-refractivity contribution in [1.29, 1.82) is 0 Å². The predicted octanol–water partition coefficient (Wildman–Crippen LogP) is 5.17. The summed E-state index contributed by atoms with van der Waals surface area (Å²) < 4.78 is 31.9. The normalized spacial score (nSPS) is 24.2. The molecule has 0 aliphatic heterocycles. The van der Waals surface area contributed by atoms with E-state index in [0.717, 1.165) is 22.3 Å². The van der Waals surface area contributed by atoms with Crippen molar-refractivity contribution in [2.45, 2.75) is 63.1 Å². The summed E-state index contributed by atoms with van der Waals surface area (Å²) in [7, 11) is 0. The molecule has 0 bridgehead atoms.